The number of ether oxygens (including phenoxy) is 5. The van der Waals surface area contributed by atoms with E-state index >= 15 is 0 Å². The lowest BCUT2D eigenvalue weighted by molar-refractivity contribution is -0.144. The highest BCUT2D eigenvalue weighted by Gasteiger charge is 2.49. The number of morpholine rings is 1. The Bertz CT molecular complexity index is 1190. The van der Waals surface area contributed by atoms with Gasteiger partial charge in [0, 0.05) is 44.2 Å². The maximum absolute atomic E-state index is 13.1. The van der Waals surface area contributed by atoms with Crippen LogP contribution in [0.3, 0.4) is 0 Å². The van der Waals surface area contributed by atoms with Crippen LogP contribution in [0.2, 0.25) is 0 Å². The summed E-state index contributed by atoms with van der Waals surface area (Å²) in [6.45, 7) is 10.3. The predicted molar refractivity (Wildman–Crippen MR) is 147 cm³/mol. The molecule has 216 valence electrons. The van der Waals surface area contributed by atoms with Gasteiger partial charge < -0.3 is 23.7 Å². The Labute approximate surface area is 235 Å². The van der Waals surface area contributed by atoms with Crippen molar-refractivity contribution in [3.8, 4) is 0 Å². The number of hydrogen-bond donors (Lipinski definition) is 0. The summed E-state index contributed by atoms with van der Waals surface area (Å²) in [5.41, 5.74) is 2.53. The van der Waals surface area contributed by atoms with E-state index in [-0.39, 0.29) is 24.8 Å². The fourth-order valence-corrected chi connectivity index (χ4v) is 5.37. The largest absolute Gasteiger partial charge is 0.464 e. The molecule has 0 aromatic heterocycles. The van der Waals surface area contributed by atoms with Gasteiger partial charge in [0.1, 0.15) is 24.5 Å². The first-order valence-electron chi connectivity index (χ1n) is 13.8. The Balaban J connectivity index is 1.47. The zero-order chi connectivity index (χ0) is 28.7. The van der Waals surface area contributed by atoms with Crippen LogP contribution in [-0.2, 0) is 33.3 Å². The van der Waals surface area contributed by atoms with Gasteiger partial charge >= 0.3 is 17.9 Å². The van der Waals surface area contributed by atoms with Crippen molar-refractivity contribution < 1.29 is 38.1 Å². The number of rotatable bonds is 11. The van der Waals surface area contributed by atoms with Crippen LogP contribution in [-0.4, -0.2) is 82.1 Å². The lowest BCUT2D eigenvalue weighted by Crippen LogP contribution is -2.40. The zero-order valence-corrected chi connectivity index (χ0v) is 23.8. The first-order chi connectivity index (χ1) is 19.2. The summed E-state index contributed by atoms with van der Waals surface area (Å²) in [5.74, 6) is -1.11. The van der Waals surface area contributed by atoms with Gasteiger partial charge in [-0.25, -0.2) is 9.59 Å². The van der Waals surface area contributed by atoms with Gasteiger partial charge in [0.25, 0.3) is 0 Å². The molecule has 4 rings (SSSR count). The molecule has 0 amide bonds. The Kier molecular flexibility index (Phi) is 9.95. The van der Waals surface area contributed by atoms with Gasteiger partial charge in [-0.2, -0.15) is 0 Å². The van der Waals surface area contributed by atoms with Crippen molar-refractivity contribution in [1.29, 1.82) is 0 Å². The summed E-state index contributed by atoms with van der Waals surface area (Å²) in [6, 6.07) is 8.64. The summed E-state index contributed by atoms with van der Waals surface area (Å²) >= 11 is 0. The summed E-state index contributed by atoms with van der Waals surface area (Å²) in [6.07, 6.45) is 2.71. The van der Waals surface area contributed by atoms with Crippen LogP contribution in [0.25, 0.3) is 0 Å². The van der Waals surface area contributed by atoms with Crippen molar-refractivity contribution >= 4 is 17.9 Å². The minimum atomic E-state index is -0.560. The maximum atomic E-state index is 13.1. The van der Waals surface area contributed by atoms with Gasteiger partial charge in [0.05, 0.1) is 24.9 Å². The first-order valence-corrected chi connectivity index (χ1v) is 13.8. The highest BCUT2D eigenvalue weighted by atomic mass is 16.6. The molecule has 1 aliphatic carbocycles. The van der Waals surface area contributed by atoms with Crippen molar-refractivity contribution in [2.45, 2.75) is 46.1 Å². The molecular formula is C31H39NO8. The van der Waals surface area contributed by atoms with Crippen molar-refractivity contribution in [2.24, 2.45) is 5.41 Å². The summed E-state index contributed by atoms with van der Waals surface area (Å²) < 4.78 is 28.0. The number of carbonyl (C=O) groups is 3. The number of cyclic esters (lactones) is 1. The van der Waals surface area contributed by atoms with Crippen LogP contribution in [0.1, 0.15) is 50.4 Å². The average molecular weight is 554 g/mol. The van der Waals surface area contributed by atoms with E-state index in [0.29, 0.717) is 55.9 Å². The van der Waals surface area contributed by atoms with Gasteiger partial charge in [-0.1, -0.05) is 43.7 Å². The molecule has 9 nitrogen and oxygen atoms in total. The first kappa shape index (κ1) is 29.7. The minimum absolute atomic E-state index is 0.128. The number of hydrogen-bond acceptors (Lipinski definition) is 9. The second-order valence-electron chi connectivity index (χ2n) is 10.8. The van der Waals surface area contributed by atoms with Crippen molar-refractivity contribution in [2.75, 3.05) is 53.2 Å². The lowest BCUT2D eigenvalue weighted by Gasteiger charge is -2.40. The Hall–Kier alpha value is -3.27. The third-order valence-electron chi connectivity index (χ3n) is 7.73. The summed E-state index contributed by atoms with van der Waals surface area (Å²) in [7, 11) is 1.61. The predicted octanol–water partition coefficient (Wildman–Crippen LogP) is 4.00. The Morgan fingerprint density at radius 2 is 1.85 bits per heavy atom. The molecule has 1 fully saturated rings. The van der Waals surface area contributed by atoms with Crippen LogP contribution in [0, 0.1) is 5.41 Å². The number of benzene rings is 1. The Morgan fingerprint density at radius 1 is 1.12 bits per heavy atom. The lowest BCUT2D eigenvalue weighted by atomic mass is 9.69. The molecule has 0 bridgehead atoms. The molecule has 1 aromatic rings. The molecule has 0 N–H and O–H groups in total. The third-order valence-corrected chi connectivity index (χ3v) is 7.73. The van der Waals surface area contributed by atoms with Crippen molar-refractivity contribution in [1.82, 2.24) is 4.90 Å². The fourth-order valence-electron chi connectivity index (χ4n) is 5.37. The standard InChI is InChI=1S/C31H39NO8/c1-21(11-13-25(33)38-19-16-32-14-17-37-18-15-32)10-12-23-27(40-29(34)22-8-6-5-7-9-22)26-24(20-39-30(26)35)31(2,3)28(23)36-4/h5-10,28H,11-20H2,1-4H3. The van der Waals surface area contributed by atoms with E-state index in [1.54, 1.807) is 31.4 Å². The number of esters is 3. The molecule has 2 heterocycles. The van der Waals surface area contributed by atoms with E-state index in [9.17, 15) is 14.4 Å². The van der Waals surface area contributed by atoms with E-state index in [2.05, 4.69) is 4.90 Å². The third kappa shape index (κ3) is 6.89. The van der Waals surface area contributed by atoms with E-state index in [1.165, 1.54) is 0 Å². The van der Waals surface area contributed by atoms with Crippen molar-refractivity contribution in [3.05, 3.63) is 70.0 Å². The second kappa shape index (κ2) is 13.4. The van der Waals surface area contributed by atoms with Crippen LogP contribution in [0.15, 0.2) is 64.5 Å². The molecular weight excluding hydrogens is 514 g/mol. The molecule has 1 unspecified atom stereocenters. The van der Waals surface area contributed by atoms with Crippen LogP contribution in [0.4, 0.5) is 0 Å². The molecule has 3 aliphatic rings. The molecule has 0 saturated carbocycles. The fraction of sp³-hybridized carbons (Fsp3) is 0.516. The molecule has 1 saturated heterocycles. The van der Waals surface area contributed by atoms with Crippen molar-refractivity contribution in [3.63, 3.8) is 0 Å². The highest BCUT2D eigenvalue weighted by Crippen LogP contribution is 2.49. The smallest absolute Gasteiger partial charge is 0.343 e. The molecule has 1 atom stereocenters. The van der Waals surface area contributed by atoms with Gasteiger partial charge in [-0.3, -0.25) is 9.69 Å². The zero-order valence-electron chi connectivity index (χ0n) is 23.8. The molecule has 2 aliphatic heterocycles. The van der Waals surface area contributed by atoms with Crippen LogP contribution >= 0.6 is 0 Å². The monoisotopic (exact) mass is 553 g/mol. The topological polar surface area (TPSA) is 101 Å². The number of allylic oxidation sites excluding steroid dienone is 2. The summed E-state index contributed by atoms with van der Waals surface area (Å²) in [5, 5.41) is 0. The van der Waals surface area contributed by atoms with Gasteiger partial charge in [0.15, 0.2) is 0 Å². The SMILES string of the molecule is COC1C(CC=C(C)CCC(=O)OCCN2CCOCC2)=C(OC(=O)c2ccccc2)C2=C(COC2=O)C1(C)C. The molecule has 0 radical (unpaired) electrons. The van der Waals surface area contributed by atoms with E-state index in [4.69, 9.17) is 23.7 Å². The normalized spacial score (nSPS) is 21.2. The van der Waals surface area contributed by atoms with E-state index < -0.39 is 23.5 Å². The van der Waals surface area contributed by atoms with Gasteiger partial charge in [0.2, 0.25) is 0 Å². The average Bonchev–Trinajstić information content (AvgIpc) is 3.35. The minimum Gasteiger partial charge on any atom is -0.464 e. The number of methoxy groups -OCH3 is 1. The number of nitrogens with zero attached hydrogens (tertiary/aromatic N) is 1. The molecule has 1 aromatic carbocycles. The Morgan fingerprint density at radius 3 is 2.55 bits per heavy atom. The molecule has 40 heavy (non-hydrogen) atoms. The summed E-state index contributed by atoms with van der Waals surface area (Å²) in [4.78, 5) is 40.4. The van der Waals surface area contributed by atoms with Gasteiger partial charge in [-0.05, 0) is 37.5 Å². The molecule has 0 spiro atoms. The van der Waals surface area contributed by atoms with Crippen LogP contribution < -0.4 is 0 Å². The van der Waals surface area contributed by atoms with E-state index in [1.807, 2.05) is 32.9 Å². The molecule has 9 heteroatoms. The van der Waals surface area contributed by atoms with E-state index in [0.717, 1.165) is 24.2 Å². The maximum Gasteiger partial charge on any atom is 0.343 e. The second-order valence-corrected chi connectivity index (χ2v) is 10.8. The quantitative estimate of drug-likeness (QED) is 0.229. The van der Waals surface area contributed by atoms with Crippen LogP contribution in [0.5, 0.6) is 0 Å². The van der Waals surface area contributed by atoms with Gasteiger partial charge in [-0.15, -0.1) is 0 Å². The number of carbonyl (C=O) groups excluding carboxylic acids is 3. The highest BCUT2D eigenvalue weighted by molar-refractivity contribution is 5.99.